The van der Waals surface area contributed by atoms with E-state index in [4.69, 9.17) is 22.1 Å². The number of halogens is 1. The summed E-state index contributed by atoms with van der Waals surface area (Å²) >= 11 is 7.17. The molecule has 3 aromatic rings. The zero-order chi connectivity index (χ0) is 20.8. The molecule has 0 bridgehead atoms. The molecule has 8 heteroatoms. The lowest BCUT2D eigenvalue weighted by atomic mass is 10.1. The molecule has 3 N–H and O–H groups in total. The third-order valence-corrected chi connectivity index (χ3v) is 5.52. The largest absolute Gasteiger partial charge is 0.486 e. The van der Waals surface area contributed by atoms with Crippen molar-refractivity contribution in [3.05, 3.63) is 80.3 Å². The van der Waals surface area contributed by atoms with Crippen molar-refractivity contribution < 1.29 is 14.3 Å². The fourth-order valence-corrected chi connectivity index (χ4v) is 3.70. The lowest BCUT2D eigenvalue weighted by Crippen LogP contribution is -2.25. The molecule has 0 fully saturated rings. The topological polar surface area (TPSA) is 94.3 Å². The van der Waals surface area contributed by atoms with Crippen LogP contribution in [-0.2, 0) is 13.0 Å². The van der Waals surface area contributed by atoms with Gasteiger partial charge in [0.2, 0.25) is 5.91 Å². The van der Waals surface area contributed by atoms with Crippen LogP contribution in [0, 0.1) is 6.92 Å². The number of hydrogen-bond donors (Lipinski definition) is 2. The van der Waals surface area contributed by atoms with Gasteiger partial charge in [-0.1, -0.05) is 23.7 Å². The molecule has 0 aliphatic rings. The standard InChI is InChI=1S/C21H20ClN3O3S/c1-13-19(29-18(25-13)12-28-17-7-5-16(22)6-8-17)21(27)24-10-9-14-3-2-4-15(11-14)20(23)26/h2-8,11H,9-10,12H2,1H3,(H2,23,26)(H,24,27). The van der Waals surface area contributed by atoms with E-state index in [0.717, 1.165) is 10.6 Å². The van der Waals surface area contributed by atoms with Crippen molar-refractivity contribution in [2.45, 2.75) is 20.0 Å². The predicted octanol–water partition coefficient (Wildman–Crippen LogP) is 3.76. The summed E-state index contributed by atoms with van der Waals surface area (Å²) in [6, 6.07) is 14.1. The van der Waals surface area contributed by atoms with E-state index >= 15 is 0 Å². The Labute approximate surface area is 177 Å². The van der Waals surface area contributed by atoms with E-state index in [1.165, 1.54) is 11.3 Å². The van der Waals surface area contributed by atoms with Gasteiger partial charge >= 0.3 is 0 Å². The molecule has 0 atom stereocenters. The van der Waals surface area contributed by atoms with Gasteiger partial charge in [-0.05, 0) is 55.3 Å². The number of amides is 2. The summed E-state index contributed by atoms with van der Waals surface area (Å²) in [6.07, 6.45) is 0.594. The van der Waals surface area contributed by atoms with E-state index < -0.39 is 5.91 Å². The van der Waals surface area contributed by atoms with E-state index in [1.54, 1.807) is 49.4 Å². The smallest absolute Gasteiger partial charge is 0.263 e. The number of aromatic nitrogens is 1. The highest BCUT2D eigenvalue weighted by atomic mass is 35.5. The molecule has 3 rings (SSSR count). The van der Waals surface area contributed by atoms with Crippen LogP contribution in [0.25, 0.3) is 0 Å². The summed E-state index contributed by atoms with van der Waals surface area (Å²) in [5.74, 6) is 0.0414. The fraction of sp³-hybridized carbons (Fsp3) is 0.190. The Kier molecular flexibility index (Phi) is 6.85. The van der Waals surface area contributed by atoms with Crippen molar-refractivity contribution in [2.24, 2.45) is 5.73 Å². The number of nitrogens with zero attached hydrogens (tertiary/aromatic N) is 1. The summed E-state index contributed by atoms with van der Waals surface area (Å²) in [7, 11) is 0. The normalized spacial score (nSPS) is 10.6. The molecule has 2 amide bonds. The van der Waals surface area contributed by atoms with Gasteiger partial charge in [-0.15, -0.1) is 11.3 Å². The van der Waals surface area contributed by atoms with Crippen LogP contribution in [-0.4, -0.2) is 23.3 Å². The quantitative estimate of drug-likeness (QED) is 0.570. The molecule has 1 aromatic heterocycles. The molecule has 6 nitrogen and oxygen atoms in total. The van der Waals surface area contributed by atoms with Crippen molar-refractivity contribution >= 4 is 34.8 Å². The molecule has 2 aromatic carbocycles. The first-order valence-electron chi connectivity index (χ1n) is 8.94. The van der Waals surface area contributed by atoms with Crippen LogP contribution in [0.4, 0.5) is 0 Å². The molecule has 150 valence electrons. The van der Waals surface area contributed by atoms with Gasteiger partial charge in [-0.2, -0.15) is 0 Å². The molecular formula is C21H20ClN3O3S. The van der Waals surface area contributed by atoms with Gasteiger partial charge in [0.05, 0.1) is 5.69 Å². The summed E-state index contributed by atoms with van der Waals surface area (Å²) in [5.41, 5.74) is 7.34. The van der Waals surface area contributed by atoms with Gasteiger partial charge in [0.1, 0.15) is 22.2 Å². The Bertz CT molecular complexity index is 1020. The first-order valence-corrected chi connectivity index (χ1v) is 10.1. The van der Waals surface area contributed by atoms with Gasteiger partial charge < -0.3 is 15.8 Å². The van der Waals surface area contributed by atoms with Crippen LogP contribution >= 0.6 is 22.9 Å². The maximum Gasteiger partial charge on any atom is 0.263 e. The second kappa shape index (κ2) is 9.54. The number of primary amides is 1. The number of ether oxygens (including phenoxy) is 1. The third kappa shape index (κ3) is 5.79. The first-order chi connectivity index (χ1) is 13.9. The van der Waals surface area contributed by atoms with E-state index in [1.807, 2.05) is 6.07 Å². The van der Waals surface area contributed by atoms with Crippen LogP contribution < -0.4 is 15.8 Å². The van der Waals surface area contributed by atoms with Crippen molar-refractivity contribution in [1.29, 1.82) is 0 Å². The zero-order valence-corrected chi connectivity index (χ0v) is 17.3. The van der Waals surface area contributed by atoms with Gasteiger partial charge in [0.15, 0.2) is 0 Å². The lowest BCUT2D eigenvalue weighted by Gasteiger charge is -2.05. The molecule has 0 saturated heterocycles. The Balaban J connectivity index is 1.53. The number of hydrogen-bond acceptors (Lipinski definition) is 5. The van der Waals surface area contributed by atoms with Gasteiger partial charge in [0, 0.05) is 17.1 Å². The van der Waals surface area contributed by atoms with Crippen molar-refractivity contribution in [2.75, 3.05) is 6.54 Å². The Morgan fingerprint density at radius 2 is 1.97 bits per heavy atom. The molecule has 0 saturated carbocycles. The molecule has 0 aliphatic heterocycles. The average Bonchev–Trinajstić information content (AvgIpc) is 3.08. The summed E-state index contributed by atoms with van der Waals surface area (Å²) < 4.78 is 5.68. The minimum Gasteiger partial charge on any atom is -0.486 e. The van der Waals surface area contributed by atoms with E-state index in [9.17, 15) is 9.59 Å². The molecule has 0 spiro atoms. The number of benzene rings is 2. The second-order valence-electron chi connectivity index (χ2n) is 6.34. The van der Waals surface area contributed by atoms with Crippen LogP contribution in [0.3, 0.4) is 0 Å². The number of thiazole rings is 1. The lowest BCUT2D eigenvalue weighted by molar-refractivity contribution is 0.0955. The number of aryl methyl sites for hydroxylation is 1. The molecular weight excluding hydrogens is 410 g/mol. The van der Waals surface area contributed by atoms with E-state index in [0.29, 0.717) is 39.9 Å². The highest BCUT2D eigenvalue weighted by Gasteiger charge is 2.15. The molecule has 0 unspecified atom stereocenters. The Morgan fingerprint density at radius 3 is 2.69 bits per heavy atom. The summed E-state index contributed by atoms with van der Waals surface area (Å²) in [5, 5.41) is 4.25. The highest BCUT2D eigenvalue weighted by Crippen LogP contribution is 2.21. The maximum absolute atomic E-state index is 12.5. The van der Waals surface area contributed by atoms with Crippen LogP contribution in [0.1, 0.15) is 36.3 Å². The van der Waals surface area contributed by atoms with E-state index in [2.05, 4.69) is 10.3 Å². The maximum atomic E-state index is 12.5. The van der Waals surface area contributed by atoms with Crippen LogP contribution in [0.5, 0.6) is 5.75 Å². The first kappa shape index (κ1) is 20.8. The van der Waals surface area contributed by atoms with Gasteiger partial charge in [-0.25, -0.2) is 4.98 Å². The third-order valence-electron chi connectivity index (χ3n) is 4.13. The summed E-state index contributed by atoms with van der Waals surface area (Å²) in [6.45, 7) is 2.52. The number of carbonyl (C=O) groups excluding carboxylic acids is 2. The van der Waals surface area contributed by atoms with Gasteiger partial charge in [0.25, 0.3) is 5.91 Å². The summed E-state index contributed by atoms with van der Waals surface area (Å²) in [4.78, 5) is 28.7. The zero-order valence-electron chi connectivity index (χ0n) is 15.8. The van der Waals surface area contributed by atoms with Crippen molar-refractivity contribution in [1.82, 2.24) is 10.3 Å². The monoisotopic (exact) mass is 429 g/mol. The van der Waals surface area contributed by atoms with Crippen LogP contribution in [0.2, 0.25) is 5.02 Å². The molecule has 1 heterocycles. The van der Waals surface area contributed by atoms with Crippen molar-refractivity contribution in [3.8, 4) is 5.75 Å². The minimum absolute atomic E-state index is 0.177. The molecule has 0 radical (unpaired) electrons. The predicted molar refractivity (Wildman–Crippen MR) is 114 cm³/mol. The van der Waals surface area contributed by atoms with Crippen molar-refractivity contribution in [3.63, 3.8) is 0 Å². The highest BCUT2D eigenvalue weighted by molar-refractivity contribution is 7.13. The van der Waals surface area contributed by atoms with Crippen LogP contribution in [0.15, 0.2) is 48.5 Å². The average molecular weight is 430 g/mol. The molecule has 0 aliphatic carbocycles. The fourth-order valence-electron chi connectivity index (χ4n) is 2.68. The SMILES string of the molecule is Cc1nc(COc2ccc(Cl)cc2)sc1C(=O)NCCc1cccc(C(N)=O)c1. The number of carbonyl (C=O) groups is 2. The number of nitrogens with one attached hydrogen (secondary N) is 1. The Morgan fingerprint density at radius 1 is 1.21 bits per heavy atom. The van der Waals surface area contributed by atoms with E-state index in [-0.39, 0.29) is 12.5 Å². The Hall–Kier alpha value is -2.90. The minimum atomic E-state index is -0.468. The second-order valence-corrected chi connectivity index (χ2v) is 7.86. The number of nitrogens with two attached hydrogens (primary N) is 1. The molecule has 29 heavy (non-hydrogen) atoms. The van der Waals surface area contributed by atoms with Gasteiger partial charge in [-0.3, -0.25) is 9.59 Å². The number of rotatable bonds is 8.